The lowest BCUT2D eigenvalue weighted by atomic mass is 10.0. The molecule has 126 valence electrons. The molecule has 0 bridgehead atoms. The quantitative estimate of drug-likeness (QED) is 0.909. The lowest BCUT2D eigenvalue weighted by molar-refractivity contribution is -0.142. The number of amides is 1. The zero-order valence-corrected chi connectivity index (χ0v) is 14.1. The van der Waals surface area contributed by atoms with E-state index < -0.39 is 0 Å². The van der Waals surface area contributed by atoms with E-state index >= 15 is 0 Å². The number of hydrogen-bond acceptors (Lipinski definition) is 4. The van der Waals surface area contributed by atoms with Crippen molar-refractivity contribution in [3.63, 3.8) is 0 Å². The normalized spacial score (nSPS) is 24.4. The Labute approximate surface area is 138 Å². The third kappa shape index (κ3) is 3.91. The number of morpholine rings is 1. The zero-order chi connectivity index (χ0) is 16.2. The van der Waals surface area contributed by atoms with Crippen LogP contribution in [0, 0.1) is 6.92 Å². The molecule has 0 saturated carbocycles. The van der Waals surface area contributed by atoms with E-state index in [0.717, 1.165) is 25.2 Å². The van der Waals surface area contributed by atoms with E-state index in [1.807, 2.05) is 4.90 Å². The number of nitrogens with zero attached hydrogens (tertiary/aromatic N) is 2. The Morgan fingerprint density at radius 1 is 1.22 bits per heavy atom. The van der Waals surface area contributed by atoms with Crippen LogP contribution in [0.1, 0.15) is 24.1 Å². The van der Waals surface area contributed by atoms with Gasteiger partial charge in [-0.05, 0) is 19.4 Å². The Bertz CT molecular complexity index is 526. The molecule has 2 saturated heterocycles. The summed E-state index contributed by atoms with van der Waals surface area (Å²) in [5.41, 5.74) is 2.32. The van der Waals surface area contributed by atoms with Crippen molar-refractivity contribution >= 4 is 5.91 Å². The smallest absolute Gasteiger partial charge is 0.244 e. The van der Waals surface area contributed by atoms with Crippen LogP contribution in [0.15, 0.2) is 24.3 Å². The highest BCUT2D eigenvalue weighted by Crippen LogP contribution is 2.25. The summed E-state index contributed by atoms with van der Waals surface area (Å²) in [6.07, 6.45) is 0. The van der Waals surface area contributed by atoms with Gasteiger partial charge in [-0.25, -0.2) is 0 Å². The fourth-order valence-corrected chi connectivity index (χ4v) is 3.41. The fraction of sp³-hybridized carbons (Fsp3) is 0.611. The van der Waals surface area contributed by atoms with Crippen LogP contribution in [0.25, 0.3) is 0 Å². The molecule has 1 N–H and O–H groups in total. The van der Waals surface area contributed by atoms with Gasteiger partial charge in [-0.1, -0.05) is 29.8 Å². The van der Waals surface area contributed by atoms with Gasteiger partial charge >= 0.3 is 0 Å². The summed E-state index contributed by atoms with van der Waals surface area (Å²) in [5, 5.41) is 3.46. The second-order valence-electron chi connectivity index (χ2n) is 6.60. The van der Waals surface area contributed by atoms with Gasteiger partial charge in [-0.15, -0.1) is 0 Å². The van der Waals surface area contributed by atoms with Crippen LogP contribution in [0.3, 0.4) is 0 Å². The van der Waals surface area contributed by atoms with E-state index in [9.17, 15) is 4.79 Å². The maximum atomic E-state index is 13.2. The topological polar surface area (TPSA) is 44.8 Å². The van der Waals surface area contributed by atoms with E-state index in [1.165, 1.54) is 5.56 Å². The SMILES string of the molecule is Cc1ccc(C(C(=O)N2CCOCC2)N2CCNC(C)C2)cc1. The largest absolute Gasteiger partial charge is 0.378 e. The minimum atomic E-state index is -0.182. The lowest BCUT2D eigenvalue weighted by Crippen LogP contribution is -2.54. The molecule has 23 heavy (non-hydrogen) atoms. The van der Waals surface area contributed by atoms with Gasteiger partial charge in [-0.2, -0.15) is 0 Å². The molecular weight excluding hydrogens is 290 g/mol. The Balaban J connectivity index is 1.85. The molecule has 2 unspecified atom stereocenters. The highest BCUT2D eigenvalue weighted by atomic mass is 16.5. The number of ether oxygens (including phenoxy) is 1. The second kappa shape index (κ2) is 7.43. The third-order valence-electron chi connectivity index (χ3n) is 4.72. The monoisotopic (exact) mass is 317 g/mol. The van der Waals surface area contributed by atoms with Crippen LogP contribution in [0.2, 0.25) is 0 Å². The number of rotatable bonds is 3. The Hall–Kier alpha value is -1.43. The van der Waals surface area contributed by atoms with Crippen LogP contribution in [-0.4, -0.2) is 67.7 Å². The number of nitrogens with one attached hydrogen (secondary N) is 1. The molecular formula is C18H27N3O2. The minimum absolute atomic E-state index is 0.182. The average molecular weight is 317 g/mol. The summed E-state index contributed by atoms with van der Waals surface area (Å²) < 4.78 is 5.40. The first-order valence-corrected chi connectivity index (χ1v) is 8.55. The minimum Gasteiger partial charge on any atom is -0.378 e. The first-order chi connectivity index (χ1) is 11.1. The first kappa shape index (κ1) is 16.4. The van der Waals surface area contributed by atoms with Gasteiger partial charge in [-0.3, -0.25) is 9.69 Å². The van der Waals surface area contributed by atoms with Crippen molar-refractivity contribution in [1.29, 1.82) is 0 Å². The van der Waals surface area contributed by atoms with E-state index in [-0.39, 0.29) is 11.9 Å². The summed E-state index contributed by atoms with van der Waals surface area (Å²) >= 11 is 0. The van der Waals surface area contributed by atoms with Crippen molar-refractivity contribution in [3.05, 3.63) is 35.4 Å². The summed E-state index contributed by atoms with van der Waals surface area (Å²) in [6.45, 7) is 9.67. The van der Waals surface area contributed by atoms with Crippen LogP contribution in [0.4, 0.5) is 0 Å². The zero-order valence-electron chi connectivity index (χ0n) is 14.1. The highest BCUT2D eigenvalue weighted by molar-refractivity contribution is 5.83. The van der Waals surface area contributed by atoms with Gasteiger partial charge in [0.05, 0.1) is 13.2 Å². The maximum absolute atomic E-state index is 13.2. The lowest BCUT2D eigenvalue weighted by Gasteiger charge is -2.40. The average Bonchev–Trinajstić information content (AvgIpc) is 2.58. The van der Waals surface area contributed by atoms with Gasteiger partial charge in [0.15, 0.2) is 0 Å². The Kier molecular flexibility index (Phi) is 5.30. The van der Waals surface area contributed by atoms with Gasteiger partial charge in [0.25, 0.3) is 0 Å². The highest BCUT2D eigenvalue weighted by Gasteiger charge is 2.33. The van der Waals surface area contributed by atoms with Crippen molar-refractivity contribution in [2.75, 3.05) is 45.9 Å². The number of hydrogen-bond donors (Lipinski definition) is 1. The van der Waals surface area contributed by atoms with Gasteiger partial charge < -0.3 is 15.0 Å². The first-order valence-electron chi connectivity index (χ1n) is 8.55. The number of aryl methyl sites for hydroxylation is 1. The van der Waals surface area contributed by atoms with E-state index in [1.54, 1.807) is 0 Å². The van der Waals surface area contributed by atoms with Crippen molar-refractivity contribution in [3.8, 4) is 0 Å². The van der Waals surface area contributed by atoms with Crippen LogP contribution >= 0.6 is 0 Å². The number of piperazine rings is 1. The Morgan fingerprint density at radius 2 is 1.91 bits per heavy atom. The molecule has 1 aromatic rings. The van der Waals surface area contributed by atoms with E-state index in [4.69, 9.17) is 4.74 Å². The van der Waals surface area contributed by atoms with Crippen LogP contribution in [0.5, 0.6) is 0 Å². The van der Waals surface area contributed by atoms with Crippen LogP contribution in [-0.2, 0) is 9.53 Å². The van der Waals surface area contributed by atoms with Gasteiger partial charge in [0, 0.05) is 38.8 Å². The van der Waals surface area contributed by atoms with Crippen molar-refractivity contribution in [1.82, 2.24) is 15.1 Å². The molecule has 1 amide bonds. The molecule has 1 aromatic carbocycles. The van der Waals surface area contributed by atoms with Crippen molar-refractivity contribution in [2.24, 2.45) is 0 Å². The molecule has 0 aromatic heterocycles. The van der Waals surface area contributed by atoms with E-state index in [0.29, 0.717) is 32.3 Å². The second-order valence-corrected chi connectivity index (χ2v) is 6.60. The van der Waals surface area contributed by atoms with Gasteiger partial charge in [0.2, 0.25) is 5.91 Å². The predicted octanol–water partition coefficient (Wildman–Crippen LogP) is 1.19. The molecule has 2 aliphatic rings. The predicted molar refractivity (Wildman–Crippen MR) is 90.4 cm³/mol. The summed E-state index contributed by atoms with van der Waals surface area (Å²) in [5.74, 6) is 0.214. The Morgan fingerprint density at radius 3 is 2.57 bits per heavy atom. The molecule has 5 heteroatoms. The standard InChI is InChI=1S/C18H27N3O2/c1-14-3-5-16(6-4-14)17(21-8-7-19-15(2)13-21)18(22)20-9-11-23-12-10-20/h3-6,15,17,19H,7-13H2,1-2H3. The fourth-order valence-electron chi connectivity index (χ4n) is 3.41. The molecule has 3 rings (SSSR count). The number of benzene rings is 1. The molecule has 0 aliphatic carbocycles. The maximum Gasteiger partial charge on any atom is 0.244 e. The van der Waals surface area contributed by atoms with Crippen molar-refractivity contribution < 1.29 is 9.53 Å². The molecule has 2 fully saturated rings. The molecule has 2 heterocycles. The van der Waals surface area contributed by atoms with Crippen LogP contribution < -0.4 is 5.32 Å². The summed E-state index contributed by atoms with van der Waals surface area (Å²) in [7, 11) is 0. The van der Waals surface area contributed by atoms with Gasteiger partial charge in [0.1, 0.15) is 6.04 Å². The van der Waals surface area contributed by atoms with E-state index in [2.05, 4.69) is 48.3 Å². The molecule has 2 atom stereocenters. The molecule has 0 spiro atoms. The molecule has 5 nitrogen and oxygen atoms in total. The molecule has 2 aliphatic heterocycles. The summed E-state index contributed by atoms with van der Waals surface area (Å²) in [6, 6.07) is 8.63. The number of carbonyl (C=O) groups is 1. The van der Waals surface area contributed by atoms with Crippen molar-refractivity contribution in [2.45, 2.75) is 25.9 Å². The molecule has 0 radical (unpaired) electrons. The summed E-state index contributed by atoms with van der Waals surface area (Å²) in [4.78, 5) is 17.5. The third-order valence-corrected chi connectivity index (χ3v) is 4.72. The number of carbonyl (C=O) groups excluding carboxylic acids is 1.